The number of halogens is 2. The monoisotopic (exact) mass is 386 g/mol. The first kappa shape index (κ1) is 18.1. The van der Waals surface area contributed by atoms with E-state index in [9.17, 15) is 0 Å². The second-order valence-corrected chi connectivity index (χ2v) is 6.32. The van der Waals surface area contributed by atoms with E-state index in [1.54, 1.807) is 24.4 Å². The molecule has 0 aliphatic heterocycles. The molecule has 132 valence electrons. The summed E-state index contributed by atoms with van der Waals surface area (Å²) in [6.45, 7) is 0. The fraction of sp³-hybridized carbons (Fsp3) is 0.111. The summed E-state index contributed by atoms with van der Waals surface area (Å²) in [5.41, 5.74) is 6.66. The van der Waals surface area contributed by atoms with E-state index in [2.05, 4.69) is 31.0 Å². The van der Waals surface area contributed by atoms with E-state index < -0.39 is 0 Å². The number of anilines is 2. The third kappa shape index (κ3) is 5.68. The van der Waals surface area contributed by atoms with Crippen LogP contribution in [0.25, 0.3) is 0 Å². The molecule has 2 aromatic rings. The number of rotatable bonds is 6. The molecule has 1 unspecified atom stereocenters. The first-order chi connectivity index (χ1) is 12.7. The Kier molecular flexibility index (Phi) is 6.35. The molecular formula is C18H16Cl2N6. The molecule has 8 heteroatoms. The normalized spacial score (nSPS) is 16.8. The van der Waals surface area contributed by atoms with Crippen LogP contribution in [0.15, 0.2) is 70.1 Å². The van der Waals surface area contributed by atoms with Crippen LogP contribution in [0.3, 0.4) is 0 Å². The predicted octanol–water partition coefficient (Wildman–Crippen LogP) is 4.67. The van der Waals surface area contributed by atoms with Crippen LogP contribution in [0, 0.1) is 5.92 Å². The smallest absolute Gasteiger partial charge is 0.151 e. The SMILES string of the molecule is ClC1=CCC(/C=N/Nc2cc(N/N=C/c3ccc(Cl)cc3)ncn2)C=C1. The minimum absolute atomic E-state index is 0.216. The molecule has 1 atom stereocenters. The van der Waals surface area contributed by atoms with Crippen molar-refractivity contribution in [1.82, 2.24) is 9.97 Å². The van der Waals surface area contributed by atoms with Gasteiger partial charge in [0, 0.05) is 28.3 Å². The highest BCUT2D eigenvalue weighted by atomic mass is 35.5. The van der Waals surface area contributed by atoms with Gasteiger partial charge in [0.25, 0.3) is 0 Å². The molecule has 0 radical (unpaired) electrons. The van der Waals surface area contributed by atoms with Crippen LogP contribution < -0.4 is 10.9 Å². The first-order valence-corrected chi connectivity index (χ1v) is 8.64. The number of aromatic nitrogens is 2. The summed E-state index contributed by atoms with van der Waals surface area (Å²) in [4.78, 5) is 8.22. The summed E-state index contributed by atoms with van der Waals surface area (Å²) in [6.07, 6.45) is 11.6. The van der Waals surface area contributed by atoms with Crippen molar-refractivity contribution in [2.45, 2.75) is 6.42 Å². The van der Waals surface area contributed by atoms with Crippen molar-refractivity contribution in [2.75, 3.05) is 10.9 Å². The third-order valence-electron chi connectivity index (χ3n) is 3.46. The molecule has 2 N–H and O–H groups in total. The molecule has 0 spiro atoms. The Bertz CT molecular complexity index is 858. The lowest BCUT2D eigenvalue weighted by atomic mass is 10.0. The largest absolute Gasteiger partial charge is 0.262 e. The van der Waals surface area contributed by atoms with E-state index in [1.807, 2.05) is 36.6 Å². The molecule has 1 aromatic carbocycles. The number of hydrogen-bond donors (Lipinski definition) is 2. The van der Waals surface area contributed by atoms with Gasteiger partial charge in [-0.2, -0.15) is 10.2 Å². The van der Waals surface area contributed by atoms with Gasteiger partial charge >= 0.3 is 0 Å². The molecule has 0 saturated heterocycles. The van der Waals surface area contributed by atoms with E-state index in [4.69, 9.17) is 23.2 Å². The fourth-order valence-electron chi connectivity index (χ4n) is 2.12. The Morgan fingerprint density at radius 2 is 1.77 bits per heavy atom. The number of benzene rings is 1. The Hall–Kier alpha value is -2.70. The van der Waals surface area contributed by atoms with E-state index in [0.29, 0.717) is 16.7 Å². The third-order valence-corrected chi connectivity index (χ3v) is 3.99. The number of allylic oxidation sites excluding steroid dienone is 4. The van der Waals surface area contributed by atoms with E-state index in [0.717, 1.165) is 17.0 Å². The highest BCUT2D eigenvalue weighted by Gasteiger charge is 2.04. The van der Waals surface area contributed by atoms with Gasteiger partial charge in [-0.05, 0) is 30.2 Å². The summed E-state index contributed by atoms with van der Waals surface area (Å²) in [7, 11) is 0. The van der Waals surface area contributed by atoms with Crippen LogP contribution in [-0.2, 0) is 0 Å². The molecule has 0 amide bonds. The Balaban J connectivity index is 1.53. The summed E-state index contributed by atoms with van der Waals surface area (Å²) in [5.74, 6) is 1.33. The van der Waals surface area contributed by atoms with Gasteiger partial charge in [0.05, 0.1) is 6.21 Å². The summed E-state index contributed by atoms with van der Waals surface area (Å²) in [5, 5.41) is 9.78. The second kappa shape index (κ2) is 9.12. The van der Waals surface area contributed by atoms with Gasteiger partial charge < -0.3 is 0 Å². The summed E-state index contributed by atoms with van der Waals surface area (Å²) >= 11 is 11.7. The van der Waals surface area contributed by atoms with Crippen LogP contribution in [0.1, 0.15) is 12.0 Å². The van der Waals surface area contributed by atoms with Gasteiger partial charge in [0.2, 0.25) is 0 Å². The number of nitrogens with one attached hydrogen (secondary N) is 2. The minimum Gasteiger partial charge on any atom is -0.262 e. The molecule has 0 fully saturated rings. The molecule has 0 saturated carbocycles. The lowest BCUT2D eigenvalue weighted by molar-refractivity contribution is 0.881. The molecule has 0 bridgehead atoms. The topological polar surface area (TPSA) is 74.6 Å². The zero-order valence-corrected chi connectivity index (χ0v) is 15.2. The van der Waals surface area contributed by atoms with Crippen molar-refractivity contribution in [2.24, 2.45) is 16.1 Å². The lowest BCUT2D eigenvalue weighted by Crippen LogP contribution is -2.03. The predicted molar refractivity (Wildman–Crippen MR) is 108 cm³/mol. The van der Waals surface area contributed by atoms with Crippen LogP contribution in [0.5, 0.6) is 0 Å². The quantitative estimate of drug-likeness (QED) is 0.558. The van der Waals surface area contributed by atoms with Crippen molar-refractivity contribution in [3.63, 3.8) is 0 Å². The molecule has 3 rings (SSSR count). The summed E-state index contributed by atoms with van der Waals surface area (Å²) in [6, 6.07) is 9.07. The zero-order valence-electron chi connectivity index (χ0n) is 13.7. The van der Waals surface area contributed by atoms with Crippen LogP contribution >= 0.6 is 23.2 Å². The van der Waals surface area contributed by atoms with E-state index >= 15 is 0 Å². The average Bonchev–Trinajstić information content (AvgIpc) is 2.65. The molecule has 6 nitrogen and oxygen atoms in total. The Morgan fingerprint density at radius 3 is 2.46 bits per heavy atom. The maximum atomic E-state index is 5.89. The molecule has 1 aliphatic carbocycles. The van der Waals surface area contributed by atoms with Gasteiger partial charge in [0.15, 0.2) is 11.6 Å². The molecule has 26 heavy (non-hydrogen) atoms. The van der Waals surface area contributed by atoms with Crippen molar-refractivity contribution in [3.05, 3.63) is 70.5 Å². The van der Waals surface area contributed by atoms with Crippen LogP contribution in [-0.4, -0.2) is 22.4 Å². The van der Waals surface area contributed by atoms with E-state index in [-0.39, 0.29) is 5.92 Å². The van der Waals surface area contributed by atoms with E-state index in [1.165, 1.54) is 6.33 Å². The summed E-state index contributed by atoms with van der Waals surface area (Å²) < 4.78 is 0. The van der Waals surface area contributed by atoms with Gasteiger partial charge in [-0.3, -0.25) is 10.9 Å². The Labute approximate surface area is 161 Å². The van der Waals surface area contributed by atoms with Crippen LogP contribution in [0.2, 0.25) is 5.02 Å². The second-order valence-electron chi connectivity index (χ2n) is 5.45. The standard InChI is InChI=1S/C18H16Cl2N6/c19-15-5-1-13(2-6-15)10-23-25-17-9-18(22-12-21-17)26-24-11-14-3-7-16(20)8-4-14/h1-3,5-12,14H,4H2,(H2,21,22,25,26)/b23-10+,24-11+. The minimum atomic E-state index is 0.216. The van der Waals surface area contributed by atoms with Crippen LogP contribution in [0.4, 0.5) is 11.6 Å². The zero-order chi connectivity index (χ0) is 18.2. The van der Waals surface area contributed by atoms with Gasteiger partial charge in [0.1, 0.15) is 6.33 Å². The highest BCUT2D eigenvalue weighted by molar-refractivity contribution is 6.31. The first-order valence-electron chi connectivity index (χ1n) is 7.89. The van der Waals surface area contributed by atoms with Gasteiger partial charge in [-0.25, -0.2) is 9.97 Å². The van der Waals surface area contributed by atoms with Crippen molar-refractivity contribution >= 4 is 47.3 Å². The fourth-order valence-corrected chi connectivity index (χ4v) is 2.41. The molecular weight excluding hydrogens is 371 g/mol. The maximum Gasteiger partial charge on any atom is 0.151 e. The van der Waals surface area contributed by atoms with Crippen molar-refractivity contribution in [1.29, 1.82) is 0 Å². The lowest BCUT2D eigenvalue weighted by Gasteiger charge is -2.08. The maximum absolute atomic E-state index is 5.89. The average molecular weight is 387 g/mol. The Morgan fingerprint density at radius 1 is 1.04 bits per heavy atom. The number of nitrogens with zero attached hydrogens (tertiary/aromatic N) is 4. The molecule has 1 aromatic heterocycles. The van der Waals surface area contributed by atoms with Crippen molar-refractivity contribution < 1.29 is 0 Å². The molecule has 1 heterocycles. The highest BCUT2D eigenvalue weighted by Crippen LogP contribution is 2.17. The number of hydrazone groups is 2. The van der Waals surface area contributed by atoms with Gasteiger partial charge in [-0.1, -0.05) is 47.5 Å². The molecule has 1 aliphatic rings. The van der Waals surface area contributed by atoms with Crippen molar-refractivity contribution in [3.8, 4) is 0 Å². The van der Waals surface area contributed by atoms with Gasteiger partial charge in [-0.15, -0.1) is 0 Å². The number of hydrogen-bond acceptors (Lipinski definition) is 6.